The van der Waals surface area contributed by atoms with Gasteiger partial charge in [0.1, 0.15) is 0 Å². The lowest BCUT2D eigenvalue weighted by Crippen LogP contribution is -2.43. The quantitative estimate of drug-likeness (QED) is 0.688. The van der Waals surface area contributed by atoms with E-state index in [0.29, 0.717) is 6.54 Å². The second-order valence-electron chi connectivity index (χ2n) is 5.81. The minimum atomic E-state index is -0.321. The number of benzene rings is 1. The van der Waals surface area contributed by atoms with Gasteiger partial charge in [-0.2, -0.15) is 0 Å². The normalized spacial score (nSPS) is 14.5. The van der Waals surface area contributed by atoms with Gasteiger partial charge in [-0.25, -0.2) is 0 Å². The zero-order valence-corrected chi connectivity index (χ0v) is 13.3. The fourth-order valence-corrected chi connectivity index (χ4v) is 2.34. The maximum Gasteiger partial charge on any atom is 0.224 e. The molecule has 2 unspecified atom stereocenters. The van der Waals surface area contributed by atoms with Gasteiger partial charge in [0, 0.05) is 18.0 Å². The summed E-state index contributed by atoms with van der Waals surface area (Å²) in [5.74, 6) is -0.372. The summed E-state index contributed by atoms with van der Waals surface area (Å²) in [4.78, 5) is 12.3. The Labute approximate surface area is 127 Å². The third-order valence-electron chi connectivity index (χ3n) is 4.61. The van der Waals surface area contributed by atoms with Crippen molar-refractivity contribution in [2.75, 3.05) is 13.2 Å². The fourth-order valence-electron chi connectivity index (χ4n) is 2.34. The lowest BCUT2D eigenvalue weighted by atomic mass is 9.83. The van der Waals surface area contributed by atoms with E-state index in [1.54, 1.807) is 0 Å². The van der Waals surface area contributed by atoms with Gasteiger partial charge in [-0.3, -0.25) is 4.79 Å². The van der Waals surface area contributed by atoms with Crippen molar-refractivity contribution in [2.45, 2.75) is 39.7 Å². The van der Waals surface area contributed by atoms with Gasteiger partial charge in [-0.1, -0.05) is 51.1 Å². The first-order valence-corrected chi connectivity index (χ1v) is 7.68. The molecule has 21 heavy (non-hydrogen) atoms. The van der Waals surface area contributed by atoms with Crippen molar-refractivity contribution in [3.63, 3.8) is 0 Å². The van der Waals surface area contributed by atoms with Gasteiger partial charge >= 0.3 is 0 Å². The van der Waals surface area contributed by atoms with Gasteiger partial charge in [0.05, 0.1) is 12.5 Å². The van der Waals surface area contributed by atoms with Crippen LogP contribution in [0.2, 0.25) is 0 Å². The number of aliphatic hydroxyl groups excluding tert-OH is 1. The molecule has 0 saturated heterocycles. The molecule has 1 aromatic rings. The van der Waals surface area contributed by atoms with Crippen molar-refractivity contribution < 1.29 is 9.90 Å². The minimum Gasteiger partial charge on any atom is -0.396 e. The number of carbonyl (C=O) groups is 1. The minimum absolute atomic E-state index is 0.0638. The Hall–Kier alpha value is -1.39. The van der Waals surface area contributed by atoms with E-state index >= 15 is 0 Å². The van der Waals surface area contributed by atoms with Crippen LogP contribution in [-0.4, -0.2) is 24.2 Å². The largest absolute Gasteiger partial charge is 0.396 e. The zero-order chi connectivity index (χ0) is 15.9. The number of nitrogens with one attached hydrogen (secondary N) is 1. The van der Waals surface area contributed by atoms with Crippen LogP contribution < -0.4 is 11.1 Å². The highest BCUT2D eigenvalue weighted by Gasteiger charge is 2.28. The monoisotopic (exact) mass is 292 g/mol. The summed E-state index contributed by atoms with van der Waals surface area (Å²) in [5.41, 5.74) is 6.89. The van der Waals surface area contributed by atoms with Crippen LogP contribution in [0, 0.1) is 11.3 Å². The smallest absolute Gasteiger partial charge is 0.224 e. The van der Waals surface area contributed by atoms with E-state index in [4.69, 9.17) is 5.73 Å². The predicted octanol–water partition coefficient (Wildman–Crippen LogP) is 2.24. The van der Waals surface area contributed by atoms with Crippen LogP contribution >= 0.6 is 0 Å². The van der Waals surface area contributed by atoms with Crippen LogP contribution in [0.25, 0.3) is 0 Å². The Morgan fingerprint density at radius 2 is 1.86 bits per heavy atom. The summed E-state index contributed by atoms with van der Waals surface area (Å²) in [5, 5.41) is 12.5. The van der Waals surface area contributed by atoms with E-state index < -0.39 is 0 Å². The molecule has 0 aromatic heterocycles. The van der Waals surface area contributed by atoms with Crippen LogP contribution in [0.4, 0.5) is 0 Å². The van der Waals surface area contributed by atoms with E-state index in [2.05, 4.69) is 5.32 Å². The molecule has 4 nitrogen and oxygen atoms in total. The summed E-state index contributed by atoms with van der Waals surface area (Å²) in [6.07, 6.45) is 1.67. The second kappa shape index (κ2) is 8.15. The molecule has 0 saturated carbocycles. The Morgan fingerprint density at radius 3 is 2.33 bits per heavy atom. The molecule has 4 N–H and O–H groups in total. The van der Waals surface area contributed by atoms with Gasteiger partial charge in [-0.15, -0.1) is 0 Å². The average Bonchev–Trinajstić information content (AvgIpc) is 2.55. The zero-order valence-electron chi connectivity index (χ0n) is 13.3. The summed E-state index contributed by atoms with van der Waals surface area (Å²) < 4.78 is 0. The summed E-state index contributed by atoms with van der Waals surface area (Å²) in [7, 11) is 0. The highest BCUT2D eigenvalue weighted by molar-refractivity contribution is 5.79. The first kappa shape index (κ1) is 17.7. The van der Waals surface area contributed by atoms with Crippen LogP contribution in [0.15, 0.2) is 30.3 Å². The van der Waals surface area contributed by atoms with Crippen molar-refractivity contribution in [3.8, 4) is 0 Å². The molecule has 2 atom stereocenters. The topological polar surface area (TPSA) is 75.3 Å². The van der Waals surface area contributed by atoms with E-state index in [0.717, 1.165) is 18.4 Å². The first-order valence-electron chi connectivity index (χ1n) is 7.68. The van der Waals surface area contributed by atoms with Crippen LogP contribution in [0.3, 0.4) is 0 Å². The molecule has 0 aliphatic carbocycles. The molecule has 0 aliphatic rings. The van der Waals surface area contributed by atoms with Gasteiger partial charge in [0.25, 0.3) is 0 Å². The summed E-state index contributed by atoms with van der Waals surface area (Å²) in [6.45, 7) is 6.47. The first-order chi connectivity index (χ1) is 9.99. The molecular formula is C17H28N2O2. The number of aliphatic hydroxyl groups is 1. The lowest BCUT2D eigenvalue weighted by Gasteiger charge is -2.30. The number of carbonyl (C=O) groups excluding carboxylic acids is 1. The SMILES string of the molecule is CCC(CC)(CO)CNC(=O)C(C)C(N)c1ccccc1. The molecule has 0 heterocycles. The van der Waals surface area contributed by atoms with Gasteiger partial charge in [0.2, 0.25) is 5.91 Å². The fraction of sp³-hybridized carbons (Fsp3) is 0.588. The molecule has 118 valence electrons. The number of nitrogens with two attached hydrogens (primary N) is 1. The third kappa shape index (κ3) is 4.55. The maximum atomic E-state index is 12.3. The van der Waals surface area contributed by atoms with Crippen molar-refractivity contribution in [1.82, 2.24) is 5.32 Å². The standard InChI is InChI=1S/C17H28N2O2/c1-4-17(5-2,12-20)11-19-16(21)13(3)15(18)14-9-7-6-8-10-14/h6-10,13,15,20H,4-5,11-12,18H2,1-3H3,(H,19,21). The molecule has 0 bridgehead atoms. The predicted molar refractivity (Wildman–Crippen MR) is 85.6 cm³/mol. The second-order valence-corrected chi connectivity index (χ2v) is 5.81. The Bertz CT molecular complexity index is 421. The Morgan fingerprint density at radius 1 is 1.29 bits per heavy atom. The molecular weight excluding hydrogens is 264 g/mol. The molecule has 0 fully saturated rings. The highest BCUT2D eigenvalue weighted by Crippen LogP contribution is 2.25. The van der Waals surface area contributed by atoms with Crippen molar-refractivity contribution in [1.29, 1.82) is 0 Å². The van der Waals surface area contributed by atoms with Crippen LogP contribution in [0.5, 0.6) is 0 Å². The number of hydrogen-bond donors (Lipinski definition) is 3. The lowest BCUT2D eigenvalue weighted by molar-refractivity contribution is -0.125. The molecule has 4 heteroatoms. The Kier molecular flexibility index (Phi) is 6.85. The van der Waals surface area contributed by atoms with Gasteiger partial charge in [0.15, 0.2) is 0 Å². The van der Waals surface area contributed by atoms with Gasteiger partial charge < -0.3 is 16.2 Å². The summed E-state index contributed by atoms with van der Waals surface area (Å²) >= 11 is 0. The Balaban J connectivity index is 2.63. The average molecular weight is 292 g/mol. The molecule has 1 rings (SSSR count). The molecule has 0 aliphatic heterocycles. The van der Waals surface area contributed by atoms with Crippen molar-refractivity contribution in [2.24, 2.45) is 17.1 Å². The van der Waals surface area contributed by atoms with E-state index in [1.165, 1.54) is 0 Å². The number of rotatable bonds is 8. The molecule has 1 aromatic carbocycles. The van der Waals surface area contributed by atoms with E-state index in [9.17, 15) is 9.90 Å². The van der Waals surface area contributed by atoms with E-state index in [1.807, 2.05) is 51.1 Å². The van der Waals surface area contributed by atoms with E-state index in [-0.39, 0.29) is 29.9 Å². The van der Waals surface area contributed by atoms with Gasteiger partial charge in [-0.05, 0) is 18.4 Å². The molecule has 1 amide bonds. The number of amides is 1. The maximum absolute atomic E-state index is 12.3. The van der Waals surface area contributed by atoms with Crippen molar-refractivity contribution in [3.05, 3.63) is 35.9 Å². The number of hydrogen-bond acceptors (Lipinski definition) is 3. The van der Waals surface area contributed by atoms with Crippen molar-refractivity contribution >= 4 is 5.91 Å². The van der Waals surface area contributed by atoms with Crippen LogP contribution in [-0.2, 0) is 4.79 Å². The third-order valence-corrected chi connectivity index (χ3v) is 4.61. The van der Waals surface area contributed by atoms with Crippen LogP contribution in [0.1, 0.15) is 45.2 Å². The highest BCUT2D eigenvalue weighted by atomic mass is 16.3. The molecule has 0 spiro atoms. The molecule has 0 radical (unpaired) electrons. The summed E-state index contributed by atoms with van der Waals surface area (Å²) in [6, 6.07) is 9.32.